The Kier molecular flexibility index (Phi) is 2.24. The first kappa shape index (κ1) is 9.90. The smallest absolute Gasteiger partial charge is 0.289 e. The average molecular weight is 221 g/mol. The first-order valence-corrected chi connectivity index (χ1v) is 5.76. The van der Waals surface area contributed by atoms with E-state index in [1.54, 1.807) is 17.0 Å². The molecule has 1 aliphatic heterocycles. The van der Waals surface area contributed by atoms with Gasteiger partial charge >= 0.3 is 0 Å². The fourth-order valence-corrected chi connectivity index (χ4v) is 2.96. The van der Waals surface area contributed by atoms with Crippen LogP contribution in [0.2, 0.25) is 0 Å². The third kappa shape index (κ3) is 1.45. The summed E-state index contributed by atoms with van der Waals surface area (Å²) in [4.78, 5) is 13.8. The van der Waals surface area contributed by atoms with Gasteiger partial charge in [0.15, 0.2) is 5.76 Å². The fourth-order valence-electron chi connectivity index (χ4n) is 2.96. The lowest BCUT2D eigenvalue weighted by Crippen LogP contribution is -2.30. The highest BCUT2D eigenvalue weighted by molar-refractivity contribution is 5.91. The predicted molar refractivity (Wildman–Crippen MR) is 56.8 cm³/mol. The van der Waals surface area contributed by atoms with Gasteiger partial charge in [0.1, 0.15) is 0 Å². The molecule has 2 heterocycles. The van der Waals surface area contributed by atoms with E-state index in [2.05, 4.69) is 0 Å². The Morgan fingerprint density at radius 2 is 2.31 bits per heavy atom. The van der Waals surface area contributed by atoms with E-state index >= 15 is 0 Å². The van der Waals surface area contributed by atoms with E-state index < -0.39 is 0 Å². The van der Waals surface area contributed by atoms with Gasteiger partial charge in [0, 0.05) is 19.0 Å². The summed E-state index contributed by atoms with van der Waals surface area (Å²) in [5.41, 5.74) is 0. The van der Waals surface area contributed by atoms with Crippen LogP contribution < -0.4 is 0 Å². The summed E-state index contributed by atoms with van der Waals surface area (Å²) < 4.78 is 5.10. The molecule has 2 aliphatic rings. The van der Waals surface area contributed by atoms with Crippen molar-refractivity contribution in [2.24, 2.45) is 11.8 Å². The Balaban J connectivity index is 1.73. The van der Waals surface area contributed by atoms with Crippen molar-refractivity contribution >= 4 is 5.91 Å². The van der Waals surface area contributed by atoms with Crippen molar-refractivity contribution in [3.05, 3.63) is 24.2 Å². The highest BCUT2D eigenvalue weighted by Gasteiger charge is 2.43. The third-order valence-corrected chi connectivity index (χ3v) is 3.84. The van der Waals surface area contributed by atoms with Gasteiger partial charge in [0.05, 0.1) is 12.4 Å². The van der Waals surface area contributed by atoms with E-state index in [9.17, 15) is 9.90 Å². The number of furan rings is 1. The van der Waals surface area contributed by atoms with Gasteiger partial charge in [-0.15, -0.1) is 0 Å². The Bertz CT molecular complexity index is 387. The van der Waals surface area contributed by atoms with Crippen LogP contribution in [0.1, 0.15) is 23.4 Å². The minimum atomic E-state index is -0.223. The molecule has 1 saturated carbocycles. The molecular formula is C12H15NO3. The largest absolute Gasteiger partial charge is 0.459 e. The maximum absolute atomic E-state index is 12.0. The van der Waals surface area contributed by atoms with Gasteiger partial charge in [-0.3, -0.25) is 4.79 Å². The molecular weight excluding hydrogens is 206 g/mol. The highest BCUT2D eigenvalue weighted by Crippen LogP contribution is 2.38. The van der Waals surface area contributed by atoms with E-state index in [4.69, 9.17) is 4.42 Å². The number of rotatable bonds is 1. The van der Waals surface area contributed by atoms with Crippen molar-refractivity contribution in [2.75, 3.05) is 13.1 Å². The van der Waals surface area contributed by atoms with Crippen LogP contribution >= 0.6 is 0 Å². The predicted octanol–water partition coefficient (Wildman–Crippen LogP) is 1.12. The summed E-state index contributed by atoms with van der Waals surface area (Å²) in [6.45, 7) is 1.44. The summed E-state index contributed by atoms with van der Waals surface area (Å²) >= 11 is 0. The summed E-state index contributed by atoms with van der Waals surface area (Å²) in [5, 5.41) is 9.77. The molecule has 1 aromatic heterocycles. The van der Waals surface area contributed by atoms with Crippen LogP contribution in [0.15, 0.2) is 22.8 Å². The average Bonchev–Trinajstić information content (AvgIpc) is 2.96. The van der Waals surface area contributed by atoms with Gasteiger partial charge in [-0.1, -0.05) is 0 Å². The Morgan fingerprint density at radius 1 is 1.44 bits per heavy atom. The van der Waals surface area contributed by atoms with Crippen LogP contribution in [0.3, 0.4) is 0 Å². The second-order valence-electron chi connectivity index (χ2n) is 4.76. The third-order valence-electron chi connectivity index (χ3n) is 3.84. The van der Waals surface area contributed by atoms with Crippen LogP contribution in [0.4, 0.5) is 0 Å². The SMILES string of the molecule is O=C(c1ccco1)N1CC2CCC(O)C2C1. The summed E-state index contributed by atoms with van der Waals surface area (Å²) in [5.74, 6) is 1.11. The van der Waals surface area contributed by atoms with Crippen molar-refractivity contribution in [3.8, 4) is 0 Å². The molecule has 1 amide bonds. The molecule has 0 radical (unpaired) electrons. The summed E-state index contributed by atoms with van der Waals surface area (Å²) in [6, 6.07) is 3.41. The number of nitrogens with zero attached hydrogens (tertiary/aromatic N) is 1. The molecule has 3 rings (SSSR count). The molecule has 0 bridgehead atoms. The van der Waals surface area contributed by atoms with E-state index in [1.165, 1.54) is 6.26 Å². The van der Waals surface area contributed by atoms with Gasteiger partial charge in [-0.25, -0.2) is 0 Å². The standard InChI is InChI=1S/C12H15NO3/c14-10-4-3-8-6-13(7-9(8)10)12(15)11-2-1-5-16-11/h1-2,5,8-10,14H,3-4,6-7H2. The van der Waals surface area contributed by atoms with Gasteiger partial charge in [0.2, 0.25) is 0 Å². The van der Waals surface area contributed by atoms with Crippen molar-refractivity contribution in [2.45, 2.75) is 18.9 Å². The van der Waals surface area contributed by atoms with Crippen molar-refractivity contribution in [3.63, 3.8) is 0 Å². The Labute approximate surface area is 93.8 Å². The lowest BCUT2D eigenvalue weighted by atomic mass is 10.00. The zero-order valence-corrected chi connectivity index (χ0v) is 9.00. The number of hydrogen-bond acceptors (Lipinski definition) is 3. The summed E-state index contributed by atoms with van der Waals surface area (Å²) in [7, 11) is 0. The van der Waals surface area contributed by atoms with E-state index in [-0.39, 0.29) is 17.9 Å². The number of fused-ring (bicyclic) bond motifs is 1. The maximum Gasteiger partial charge on any atom is 0.289 e. The molecule has 0 aromatic carbocycles. The monoisotopic (exact) mass is 221 g/mol. The Hall–Kier alpha value is -1.29. The number of carbonyl (C=O) groups excluding carboxylic acids is 1. The van der Waals surface area contributed by atoms with Crippen LogP contribution in [0, 0.1) is 11.8 Å². The second kappa shape index (κ2) is 3.63. The number of likely N-dealkylation sites (tertiary alicyclic amines) is 1. The fraction of sp³-hybridized carbons (Fsp3) is 0.583. The molecule has 0 spiro atoms. The molecule has 2 fully saturated rings. The molecule has 4 heteroatoms. The number of aliphatic hydroxyl groups excluding tert-OH is 1. The van der Waals surface area contributed by atoms with E-state index in [0.29, 0.717) is 18.2 Å². The molecule has 1 aliphatic carbocycles. The minimum Gasteiger partial charge on any atom is -0.459 e. The quantitative estimate of drug-likeness (QED) is 0.773. The molecule has 86 valence electrons. The minimum absolute atomic E-state index is 0.0494. The summed E-state index contributed by atoms with van der Waals surface area (Å²) in [6.07, 6.45) is 3.21. The molecule has 16 heavy (non-hydrogen) atoms. The Morgan fingerprint density at radius 3 is 3.00 bits per heavy atom. The molecule has 1 saturated heterocycles. The van der Waals surface area contributed by atoms with Gasteiger partial charge < -0.3 is 14.4 Å². The molecule has 1 aromatic rings. The van der Waals surface area contributed by atoms with Crippen molar-refractivity contribution in [1.29, 1.82) is 0 Å². The topological polar surface area (TPSA) is 53.7 Å². The van der Waals surface area contributed by atoms with Gasteiger partial charge in [-0.05, 0) is 30.9 Å². The van der Waals surface area contributed by atoms with Gasteiger partial charge in [-0.2, -0.15) is 0 Å². The molecule has 4 nitrogen and oxygen atoms in total. The first-order chi connectivity index (χ1) is 7.75. The van der Waals surface area contributed by atoms with E-state index in [0.717, 1.165) is 19.4 Å². The normalized spacial score (nSPS) is 33.1. The van der Waals surface area contributed by atoms with Gasteiger partial charge in [0.25, 0.3) is 5.91 Å². The number of carbonyl (C=O) groups is 1. The van der Waals surface area contributed by atoms with Crippen LogP contribution in [0.25, 0.3) is 0 Å². The van der Waals surface area contributed by atoms with E-state index in [1.807, 2.05) is 0 Å². The van der Waals surface area contributed by atoms with Crippen LogP contribution in [0.5, 0.6) is 0 Å². The van der Waals surface area contributed by atoms with Crippen LogP contribution in [-0.2, 0) is 0 Å². The zero-order valence-electron chi connectivity index (χ0n) is 9.00. The zero-order chi connectivity index (χ0) is 11.1. The van der Waals surface area contributed by atoms with Crippen LogP contribution in [-0.4, -0.2) is 35.1 Å². The maximum atomic E-state index is 12.0. The lowest BCUT2D eigenvalue weighted by Gasteiger charge is -2.16. The second-order valence-corrected chi connectivity index (χ2v) is 4.76. The first-order valence-electron chi connectivity index (χ1n) is 5.76. The number of amides is 1. The molecule has 1 N–H and O–H groups in total. The number of aliphatic hydroxyl groups is 1. The number of hydrogen-bond donors (Lipinski definition) is 1. The molecule has 3 atom stereocenters. The van der Waals surface area contributed by atoms with Crippen molar-refractivity contribution < 1.29 is 14.3 Å². The highest BCUT2D eigenvalue weighted by atomic mass is 16.3. The molecule has 3 unspecified atom stereocenters. The lowest BCUT2D eigenvalue weighted by molar-refractivity contribution is 0.0722. The van der Waals surface area contributed by atoms with Crippen molar-refractivity contribution in [1.82, 2.24) is 4.90 Å².